The maximum Gasteiger partial charge on any atom is 0.340 e. The minimum absolute atomic E-state index is 0.100. The van der Waals surface area contributed by atoms with Gasteiger partial charge >= 0.3 is 5.97 Å². The maximum absolute atomic E-state index is 12.8. The number of ether oxygens (including phenoxy) is 1. The highest BCUT2D eigenvalue weighted by Gasteiger charge is 2.30. The predicted molar refractivity (Wildman–Crippen MR) is 97.7 cm³/mol. The lowest BCUT2D eigenvalue weighted by molar-refractivity contribution is 0.0599. The fourth-order valence-corrected chi connectivity index (χ4v) is 3.69. The van der Waals surface area contributed by atoms with E-state index in [1.807, 2.05) is 12.1 Å². The fourth-order valence-electron chi connectivity index (χ4n) is 2.86. The second kappa shape index (κ2) is 7.24. The molecule has 1 aliphatic rings. The highest BCUT2D eigenvalue weighted by Crippen LogP contribution is 2.35. The van der Waals surface area contributed by atoms with Crippen molar-refractivity contribution in [2.75, 3.05) is 13.7 Å². The third-order valence-electron chi connectivity index (χ3n) is 4.15. The van der Waals surface area contributed by atoms with Gasteiger partial charge in [0.05, 0.1) is 22.7 Å². The van der Waals surface area contributed by atoms with Crippen molar-refractivity contribution in [2.45, 2.75) is 13.0 Å². The van der Waals surface area contributed by atoms with Crippen molar-refractivity contribution in [2.24, 2.45) is 0 Å². The average Bonchev–Trinajstić information content (AvgIpc) is 2.59. The second-order valence-corrected chi connectivity index (χ2v) is 6.89. The SMILES string of the molecule is COC(=O)c1c(Cl)cc2c(c1Cl)CCN(Cc1ccc(Cl)cc1)C2=O. The van der Waals surface area contributed by atoms with E-state index in [-0.39, 0.29) is 21.5 Å². The average molecular weight is 399 g/mol. The highest BCUT2D eigenvalue weighted by atomic mass is 35.5. The lowest BCUT2D eigenvalue weighted by Crippen LogP contribution is -2.37. The molecule has 0 saturated carbocycles. The summed E-state index contributed by atoms with van der Waals surface area (Å²) in [6, 6.07) is 8.83. The normalized spacial score (nSPS) is 13.6. The molecular weight excluding hydrogens is 385 g/mol. The zero-order chi connectivity index (χ0) is 18.1. The predicted octanol–water partition coefficient (Wildman–Crippen LogP) is 4.63. The third-order valence-corrected chi connectivity index (χ3v) is 5.11. The number of esters is 1. The van der Waals surface area contributed by atoms with Crippen molar-refractivity contribution in [3.05, 3.63) is 67.7 Å². The van der Waals surface area contributed by atoms with Crippen LogP contribution < -0.4 is 0 Å². The first-order chi connectivity index (χ1) is 11.9. The molecule has 25 heavy (non-hydrogen) atoms. The van der Waals surface area contributed by atoms with Crippen molar-refractivity contribution < 1.29 is 14.3 Å². The van der Waals surface area contributed by atoms with Crippen molar-refractivity contribution in [3.63, 3.8) is 0 Å². The van der Waals surface area contributed by atoms with Crippen molar-refractivity contribution in [1.82, 2.24) is 4.90 Å². The zero-order valence-electron chi connectivity index (χ0n) is 13.3. The Balaban J connectivity index is 1.92. The largest absolute Gasteiger partial charge is 0.465 e. The van der Waals surface area contributed by atoms with Crippen LogP contribution in [0.15, 0.2) is 30.3 Å². The molecule has 3 rings (SSSR count). The van der Waals surface area contributed by atoms with Gasteiger partial charge in [0.25, 0.3) is 5.91 Å². The van der Waals surface area contributed by atoms with Gasteiger partial charge in [0, 0.05) is 23.7 Å². The number of halogens is 3. The van der Waals surface area contributed by atoms with Gasteiger partial charge < -0.3 is 9.64 Å². The van der Waals surface area contributed by atoms with Gasteiger partial charge in [0.2, 0.25) is 0 Å². The minimum Gasteiger partial charge on any atom is -0.465 e. The summed E-state index contributed by atoms with van der Waals surface area (Å²) in [6.07, 6.45) is 0.536. The van der Waals surface area contributed by atoms with Crippen LogP contribution in [0.4, 0.5) is 0 Å². The Bertz CT molecular complexity index is 850. The van der Waals surface area contributed by atoms with Gasteiger partial charge in [-0.3, -0.25) is 4.79 Å². The molecule has 0 fully saturated rings. The van der Waals surface area contributed by atoms with Gasteiger partial charge in [-0.15, -0.1) is 0 Å². The van der Waals surface area contributed by atoms with Crippen LogP contribution in [0.3, 0.4) is 0 Å². The van der Waals surface area contributed by atoms with Crippen molar-refractivity contribution in [1.29, 1.82) is 0 Å². The molecule has 0 N–H and O–H groups in total. The molecule has 1 aliphatic heterocycles. The molecule has 4 nitrogen and oxygen atoms in total. The van der Waals surface area contributed by atoms with Crippen molar-refractivity contribution >= 4 is 46.7 Å². The molecule has 1 heterocycles. The molecule has 2 aromatic rings. The Kier molecular flexibility index (Phi) is 5.23. The van der Waals surface area contributed by atoms with Gasteiger partial charge in [-0.25, -0.2) is 4.79 Å². The van der Waals surface area contributed by atoms with Crippen LogP contribution >= 0.6 is 34.8 Å². The van der Waals surface area contributed by atoms with Gasteiger partial charge in [-0.2, -0.15) is 0 Å². The van der Waals surface area contributed by atoms with Crippen molar-refractivity contribution in [3.8, 4) is 0 Å². The zero-order valence-corrected chi connectivity index (χ0v) is 15.6. The minimum atomic E-state index is -0.617. The molecule has 0 atom stereocenters. The van der Waals surface area contributed by atoms with Gasteiger partial charge in [0.15, 0.2) is 0 Å². The number of nitrogens with zero attached hydrogens (tertiary/aromatic N) is 1. The summed E-state index contributed by atoms with van der Waals surface area (Å²) in [5.74, 6) is -0.787. The first-order valence-electron chi connectivity index (χ1n) is 7.55. The number of rotatable bonds is 3. The Morgan fingerprint density at radius 2 is 1.88 bits per heavy atom. The van der Waals surface area contributed by atoms with Crippen LogP contribution in [-0.2, 0) is 17.7 Å². The van der Waals surface area contributed by atoms with E-state index in [0.717, 1.165) is 5.56 Å². The summed E-state index contributed by atoms with van der Waals surface area (Å²) in [7, 11) is 1.26. The molecule has 0 spiro atoms. The fraction of sp³-hybridized carbons (Fsp3) is 0.222. The smallest absolute Gasteiger partial charge is 0.340 e. The standard InChI is InChI=1S/C18H14Cl3NO3/c1-25-18(24)15-14(20)8-13-12(16(15)21)6-7-22(17(13)23)9-10-2-4-11(19)5-3-10/h2-5,8H,6-7,9H2,1H3. The first kappa shape index (κ1) is 18.1. The van der Waals surface area contributed by atoms with E-state index in [4.69, 9.17) is 39.5 Å². The number of amides is 1. The van der Waals surface area contributed by atoms with E-state index in [0.29, 0.717) is 35.7 Å². The summed E-state index contributed by atoms with van der Waals surface area (Å²) >= 11 is 18.4. The molecule has 0 radical (unpaired) electrons. The van der Waals surface area contributed by atoms with Gasteiger partial charge in [0.1, 0.15) is 0 Å². The molecule has 0 unspecified atom stereocenters. The molecule has 1 amide bonds. The highest BCUT2D eigenvalue weighted by molar-refractivity contribution is 6.40. The summed E-state index contributed by atoms with van der Waals surface area (Å²) in [6.45, 7) is 0.958. The van der Waals surface area contributed by atoms with E-state index >= 15 is 0 Å². The van der Waals surface area contributed by atoms with E-state index in [9.17, 15) is 9.59 Å². The van der Waals surface area contributed by atoms with E-state index in [2.05, 4.69) is 0 Å². The van der Waals surface area contributed by atoms with Gasteiger partial charge in [-0.05, 0) is 35.7 Å². The third kappa shape index (κ3) is 3.47. The Morgan fingerprint density at radius 1 is 1.20 bits per heavy atom. The Morgan fingerprint density at radius 3 is 2.52 bits per heavy atom. The van der Waals surface area contributed by atoms with Crippen LogP contribution in [0.2, 0.25) is 15.1 Å². The lowest BCUT2D eigenvalue weighted by atomic mass is 9.95. The lowest BCUT2D eigenvalue weighted by Gasteiger charge is -2.30. The summed E-state index contributed by atoms with van der Waals surface area (Å²) in [5, 5.41) is 0.944. The van der Waals surface area contributed by atoms with Crippen LogP contribution in [-0.4, -0.2) is 30.4 Å². The van der Waals surface area contributed by atoms with E-state index < -0.39 is 5.97 Å². The Labute approximate surface area is 160 Å². The van der Waals surface area contributed by atoms with Gasteiger partial charge in [-0.1, -0.05) is 46.9 Å². The summed E-state index contributed by atoms with van der Waals surface area (Å²) in [4.78, 5) is 26.4. The molecule has 2 aromatic carbocycles. The molecule has 0 aliphatic carbocycles. The monoisotopic (exact) mass is 397 g/mol. The second-order valence-electron chi connectivity index (χ2n) is 5.67. The first-order valence-corrected chi connectivity index (χ1v) is 8.68. The van der Waals surface area contributed by atoms with E-state index in [1.54, 1.807) is 17.0 Å². The number of hydrogen-bond donors (Lipinski definition) is 0. The summed E-state index contributed by atoms with van der Waals surface area (Å²) in [5.41, 5.74) is 2.12. The number of hydrogen-bond acceptors (Lipinski definition) is 3. The van der Waals surface area contributed by atoms with Crippen LogP contribution in [0.25, 0.3) is 0 Å². The molecule has 7 heteroatoms. The molecule has 0 saturated heterocycles. The Hall–Kier alpha value is -1.75. The molecule has 130 valence electrons. The quantitative estimate of drug-likeness (QED) is 0.708. The topological polar surface area (TPSA) is 46.6 Å². The number of benzene rings is 2. The van der Waals surface area contributed by atoms with Crippen LogP contribution in [0.5, 0.6) is 0 Å². The molecular formula is C18H14Cl3NO3. The van der Waals surface area contributed by atoms with Crippen LogP contribution in [0, 0.1) is 0 Å². The molecule has 0 bridgehead atoms. The molecule has 0 aromatic heterocycles. The maximum atomic E-state index is 12.8. The number of carbonyl (C=O) groups excluding carboxylic acids is 2. The van der Waals surface area contributed by atoms with Crippen LogP contribution in [0.1, 0.15) is 31.8 Å². The van der Waals surface area contributed by atoms with E-state index in [1.165, 1.54) is 13.2 Å². The number of methoxy groups -OCH3 is 1. The number of fused-ring (bicyclic) bond motifs is 1. The number of carbonyl (C=O) groups is 2. The summed E-state index contributed by atoms with van der Waals surface area (Å²) < 4.78 is 4.71.